The van der Waals surface area contributed by atoms with Gasteiger partial charge in [0.1, 0.15) is 16.4 Å². The van der Waals surface area contributed by atoms with Gasteiger partial charge in [-0.1, -0.05) is 11.2 Å². The number of aromatic nitrogens is 3. The molecule has 3 aromatic heterocycles. The van der Waals surface area contributed by atoms with Crippen molar-refractivity contribution in [1.82, 2.24) is 19.4 Å². The summed E-state index contributed by atoms with van der Waals surface area (Å²) in [5.74, 6) is 1.09. The lowest BCUT2D eigenvalue weighted by Crippen LogP contribution is -2.39. The molecule has 30 heavy (non-hydrogen) atoms. The lowest BCUT2D eigenvalue weighted by atomic mass is 9.95. The van der Waals surface area contributed by atoms with E-state index in [0.717, 1.165) is 35.7 Å². The Balaban J connectivity index is 1.59. The number of anilines is 2. The lowest BCUT2D eigenvalue weighted by Gasteiger charge is -2.31. The van der Waals surface area contributed by atoms with Crippen LogP contribution in [0.4, 0.5) is 11.5 Å². The molecule has 4 heterocycles. The molecule has 0 radical (unpaired) electrons. The van der Waals surface area contributed by atoms with Crippen molar-refractivity contribution >= 4 is 21.5 Å². The summed E-state index contributed by atoms with van der Waals surface area (Å²) in [5.41, 5.74) is 3.04. The minimum absolute atomic E-state index is 0.0122. The second-order valence-corrected chi connectivity index (χ2v) is 9.49. The predicted octanol–water partition coefficient (Wildman–Crippen LogP) is 3.70. The van der Waals surface area contributed by atoms with Gasteiger partial charge in [-0.15, -0.1) is 0 Å². The molecule has 4 rings (SSSR count). The molecule has 1 aliphatic heterocycles. The van der Waals surface area contributed by atoms with Gasteiger partial charge in [-0.25, -0.2) is 13.4 Å². The van der Waals surface area contributed by atoms with E-state index in [0.29, 0.717) is 24.5 Å². The number of hydrogen-bond acceptors (Lipinski definition) is 7. The molecular formula is C21H25N5O3S. The molecule has 1 N–H and O–H groups in total. The van der Waals surface area contributed by atoms with E-state index in [1.807, 2.05) is 37.3 Å². The van der Waals surface area contributed by atoms with Gasteiger partial charge in [0, 0.05) is 42.3 Å². The fourth-order valence-electron chi connectivity index (χ4n) is 3.93. The second-order valence-electron chi connectivity index (χ2n) is 7.62. The minimum atomic E-state index is -3.67. The molecule has 1 aliphatic rings. The standard InChI is InChI=1S/C21H25N5O3S/c1-14-11-18(24-20-8-4-5-9-22-20)12-19(23-14)17-7-6-10-26(13-17)30(27,28)21-15(2)25-29-16(21)3/h4-5,8-9,11-12,17H,6-7,10,13H2,1-3H3,(H,22,23,24)/t17-/m0/s1. The normalized spacial score (nSPS) is 17.8. The third-order valence-electron chi connectivity index (χ3n) is 5.28. The Hall–Kier alpha value is -2.78. The monoisotopic (exact) mass is 427 g/mol. The summed E-state index contributed by atoms with van der Waals surface area (Å²) in [5, 5.41) is 7.11. The molecule has 0 saturated carbocycles. The van der Waals surface area contributed by atoms with Crippen LogP contribution >= 0.6 is 0 Å². The van der Waals surface area contributed by atoms with Gasteiger partial charge < -0.3 is 9.84 Å². The molecule has 1 fully saturated rings. The van der Waals surface area contributed by atoms with Crippen molar-refractivity contribution in [2.45, 2.75) is 44.4 Å². The Kier molecular flexibility index (Phi) is 5.57. The summed E-state index contributed by atoms with van der Waals surface area (Å²) in [7, 11) is -3.67. The molecule has 1 atom stereocenters. The summed E-state index contributed by atoms with van der Waals surface area (Å²) in [4.78, 5) is 9.18. The quantitative estimate of drug-likeness (QED) is 0.662. The highest BCUT2D eigenvalue weighted by Gasteiger charge is 2.35. The Morgan fingerprint density at radius 2 is 2.03 bits per heavy atom. The van der Waals surface area contributed by atoms with Gasteiger partial charge in [-0.05, 0) is 57.9 Å². The van der Waals surface area contributed by atoms with Gasteiger partial charge in [-0.3, -0.25) is 4.98 Å². The molecule has 0 bridgehead atoms. The fraction of sp³-hybridized carbons (Fsp3) is 0.381. The summed E-state index contributed by atoms with van der Waals surface area (Å²) >= 11 is 0. The average molecular weight is 428 g/mol. The van der Waals surface area contributed by atoms with E-state index in [2.05, 4.69) is 15.5 Å². The van der Waals surface area contributed by atoms with Crippen molar-refractivity contribution in [1.29, 1.82) is 0 Å². The number of piperidine rings is 1. The Morgan fingerprint density at radius 1 is 1.20 bits per heavy atom. The maximum atomic E-state index is 13.2. The number of nitrogens with one attached hydrogen (secondary N) is 1. The molecule has 0 unspecified atom stereocenters. The maximum Gasteiger partial charge on any atom is 0.248 e. The van der Waals surface area contributed by atoms with Crippen molar-refractivity contribution in [2.24, 2.45) is 0 Å². The average Bonchev–Trinajstić information content (AvgIpc) is 3.07. The molecule has 9 heteroatoms. The first kappa shape index (κ1) is 20.5. The first-order valence-corrected chi connectivity index (χ1v) is 11.4. The zero-order valence-corrected chi connectivity index (χ0v) is 18.1. The smallest absolute Gasteiger partial charge is 0.248 e. The summed E-state index contributed by atoms with van der Waals surface area (Å²) in [6.07, 6.45) is 3.38. The van der Waals surface area contributed by atoms with E-state index >= 15 is 0 Å². The van der Waals surface area contributed by atoms with Crippen molar-refractivity contribution in [3.8, 4) is 0 Å². The largest absolute Gasteiger partial charge is 0.360 e. The van der Waals surface area contributed by atoms with Crippen LogP contribution in [-0.4, -0.2) is 40.9 Å². The summed E-state index contributed by atoms with van der Waals surface area (Å²) in [6.45, 7) is 6.09. The number of pyridine rings is 2. The van der Waals surface area contributed by atoms with Gasteiger partial charge in [-0.2, -0.15) is 4.31 Å². The van der Waals surface area contributed by atoms with Crippen molar-refractivity contribution in [3.63, 3.8) is 0 Å². The van der Waals surface area contributed by atoms with Crippen LogP contribution in [0.1, 0.15) is 41.6 Å². The van der Waals surface area contributed by atoms with Crippen LogP contribution in [0.2, 0.25) is 0 Å². The number of nitrogens with zero attached hydrogens (tertiary/aromatic N) is 4. The maximum absolute atomic E-state index is 13.2. The molecule has 8 nitrogen and oxygen atoms in total. The summed E-state index contributed by atoms with van der Waals surface area (Å²) < 4.78 is 33.1. The molecule has 0 aliphatic carbocycles. The van der Waals surface area contributed by atoms with Crippen molar-refractivity contribution in [3.05, 3.63) is 59.4 Å². The topological polar surface area (TPSA) is 101 Å². The van der Waals surface area contributed by atoms with E-state index in [1.165, 1.54) is 4.31 Å². The Morgan fingerprint density at radius 3 is 2.73 bits per heavy atom. The van der Waals surface area contributed by atoms with Gasteiger partial charge >= 0.3 is 0 Å². The van der Waals surface area contributed by atoms with Crippen LogP contribution in [-0.2, 0) is 10.0 Å². The second kappa shape index (κ2) is 8.16. The molecule has 0 amide bonds. The molecule has 158 valence electrons. The molecule has 1 saturated heterocycles. The Labute approximate surface area is 176 Å². The van der Waals surface area contributed by atoms with Gasteiger partial charge in [0.2, 0.25) is 10.0 Å². The molecule has 3 aromatic rings. The lowest BCUT2D eigenvalue weighted by molar-refractivity contribution is 0.312. The van der Waals surface area contributed by atoms with E-state index in [4.69, 9.17) is 9.51 Å². The number of rotatable bonds is 5. The van der Waals surface area contributed by atoms with E-state index in [9.17, 15) is 8.42 Å². The van der Waals surface area contributed by atoms with Crippen LogP contribution in [0.3, 0.4) is 0 Å². The first-order valence-electron chi connectivity index (χ1n) is 9.94. The van der Waals surface area contributed by atoms with Crippen LogP contribution in [0, 0.1) is 20.8 Å². The van der Waals surface area contributed by atoms with Crippen LogP contribution in [0.5, 0.6) is 0 Å². The number of hydrogen-bond donors (Lipinski definition) is 1. The third kappa shape index (κ3) is 4.08. The minimum Gasteiger partial charge on any atom is -0.360 e. The van der Waals surface area contributed by atoms with E-state index in [-0.39, 0.29) is 10.8 Å². The van der Waals surface area contributed by atoms with Crippen LogP contribution in [0.15, 0.2) is 45.9 Å². The highest BCUT2D eigenvalue weighted by molar-refractivity contribution is 7.89. The fourth-order valence-corrected chi connectivity index (χ4v) is 5.75. The number of aryl methyl sites for hydroxylation is 3. The third-order valence-corrected chi connectivity index (χ3v) is 7.39. The highest BCUT2D eigenvalue weighted by atomic mass is 32.2. The van der Waals surface area contributed by atoms with Gasteiger partial charge in [0.15, 0.2) is 5.76 Å². The van der Waals surface area contributed by atoms with Crippen LogP contribution < -0.4 is 5.32 Å². The first-order chi connectivity index (χ1) is 14.3. The Bertz CT molecular complexity index is 1130. The summed E-state index contributed by atoms with van der Waals surface area (Å²) in [6, 6.07) is 9.62. The SMILES string of the molecule is Cc1cc(Nc2ccccn2)cc([C@H]2CCCN(S(=O)(=O)c3c(C)noc3C)C2)n1. The zero-order valence-electron chi connectivity index (χ0n) is 17.3. The van der Waals surface area contributed by atoms with E-state index in [1.54, 1.807) is 20.0 Å². The highest BCUT2D eigenvalue weighted by Crippen LogP contribution is 2.32. The van der Waals surface area contributed by atoms with Crippen molar-refractivity contribution < 1.29 is 12.9 Å². The molecular weight excluding hydrogens is 402 g/mol. The van der Waals surface area contributed by atoms with Crippen LogP contribution in [0.25, 0.3) is 0 Å². The predicted molar refractivity (Wildman–Crippen MR) is 113 cm³/mol. The molecule has 0 aromatic carbocycles. The van der Waals surface area contributed by atoms with Crippen molar-refractivity contribution in [2.75, 3.05) is 18.4 Å². The zero-order chi connectivity index (χ0) is 21.3. The van der Waals surface area contributed by atoms with E-state index < -0.39 is 10.0 Å². The van der Waals surface area contributed by atoms with Gasteiger partial charge in [0.05, 0.1) is 0 Å². The number of sulfonamides is 1. The van der Waals surface area contributed by atoms with Gasteiger partial charge in [0.25, 0.3) is 0 Å². The molecule has 0 spiro atoms.